The summed E-state index contributed by atoms with van der Waals surface area (Å²) in [4.78, 5) is 12.5. The summed E-state index contributed by atoms with van der Waals surface area (Å²) in [6.45, 7) is 1.91. The summed E-state index contributed by atoms with van der Waals surface area (Å²) in [7, 11) is 0. The predicted molar refractivity (Wildman–Crippen MR) is 110 cm³/mol. The summed E-state index contributed by atoms with van der Waals surface area (Å²) in [6.07, 6.45) is -1.06. The van der Waals surface area contributed by atoms with E-state index < -0.39 is 12.2 Å². The normalized spacial score (nSPS) is 14.4. The van der Waals surface area contributed by atoms with E-state index in [4.69, 9.17) is 14.2 Å². The van der Waals surface area contributed by atoms with Gasteiger partial charge in [-0.1, -0.05) is 22.9 Å². The van der Waals surface area contributed by atoms with Crippen LogP contribution in [-0.4, -0.2) is 29.7 Å². The van der Waals surface area contributed by atoms with E-state index in [1.807, 2.05) is 6.92 Å². The van der Waals surface area contributed by atoms with Gasteiger partial charge in [0, 0.05) is 28.4 Å². The second-order valence-corrected chi connectivity index (χ2v) is 8.10. The lowest BCUT2D eigenvalue weighted by molar-refractivity contribution is 0.0651. The van der Waals surface area contributed by atoms with Crippen molar-refractivity contribution in [2.24, 2.45) is 5.92 Å². The lowest BCUT2D eigenvalue weighted by atomic mass is 9.94. The Bertz CT molecular complexity index is 876. The van der Waals surface area contributed by atoms with E-state index in [0.717, 1.165) is 0 Å². The molecule has 0 radical (unpaired) electrons. The minimum atomic E-state index is -0.769. The monoisotopic (exact) mass is 515 g/mol. The first kappa shape index (κ1) is 20.8. The second kappa shape index (κ2) is 9.02. The first-order chi connectivity index (χ1) is 13.4. The molecule has 28 heavy (non-hydrogen) atoms. The van der Waals surface area contributed by atoms with Crippen LogP contribution < -0.4 is 14.8 Å². The molecule has 0 aliphatic carbocycles. The van der Waals surface area contributed by atoms with Gasteiger partial charge in [0.1, 0.15) is 11.9 Å². The number of carbonyl (C=O) groups is 1. The molecule has 0 spiro atoms. The number of aliphatic hydroxyl groups excluding tert-OH is 1. The van der Waals surface area contributed by atoms with Gasteiger partial charge in [-0.3, -0.25) is 5.32 Å². The number of anilines is 1. The Hall–Kier alpha value is -1.97. The standard InChI is InChI=1S/C19H19Br2NO6/c1-10(4-5-23)18(13-6-11(20)7-14(21)17(13)24)28-19(25)22-12-2-3-15-16(8-12)27-9-26-15/h2-3,6-8,10,18,23-24H,4-5,9H2,1H3,(H,22,25)/t10-,18+/m1/s1. The number of rotatable bonds is 6. The molecule has 0 bridgehead atoms. The summed E-state index contributed by atoms with van der Waals surface area (Å²) < 4.78 is 17.4. The molecular formula is C19H19Br2NO6. The highest BCUT2D eigenvalue weighted by Crippen LogP contribution is 2.40. The van der Waals surface area contributed by atoms with Crippen molar-refractivity contribution in [2.45, 2.75) is 19.4 Å². The van der Waals surface area contributed by atoms with E-state index in [-0.39, 0.29) is 25.1 Å². The smallest absolute Gasteiger partial charge is 0.412 e. The van der Waals surface area contributed by atoms with Gasteiger partial charge in [0.05, 0.1) is 4.47 Å². The third kappa shape index (κ3) is 4.71. The minimum absolute atomic E-state index is 0.0196. The van der Waals surface area contributed by atoms with Crippen molar-refractivity contribution < 1.29 is 29.2 Å². The fourth-order valence-corrected chi connectivity index (χ4v) is 4.14. The van der Waals surface area contributed by atoms with Gasteiger partial charge in [-0.05, 0) is 52.5 Å². The van der Waals surface area contributed by atoms with Crippen LogP contribution in [0.5, 0.6) is 17.2 Å². The Morgan fingerprint density at radius 1 is 1.25 bits per heavy atom. The number of hydrogen-bond donors (Lipinski definition) is 3. The lowest BCUT2D eigenvalue weighted by Crippen LogP contribution is -2.22. The Kier molecular flexibility index (Phi) is 6.69. The zero-order valence-electron chi connectivity index (χ0n) is 14.9. The van der Waals surface area contributed by atoms with Crippen molar-refractivity contribution in [3.8, 4) is 17.2 Å². The largest absolute Gasteiger partial charge is 0.506 e. The highest BCUT2D eigenvalue weighted by molar-refractivity contribution is 9.11. The number of phenolic OH excluding ortho intramolecular Hbond substituents is 1. The number of aromatic hydroxyl groups is 1. The molecule has 2 aromatic carbocycles. The fourth-order valence-electron chi connectivity index (χ4n) is 2.88. The molecule has 1 aliphatic heterocycles. The van der Waals surface area contributed by atoms with Crippen molar-refractivity contribution in [2.75, 3.05) is 18.7 Å². The highest BCUT2D eigenvalue weighted by atomic mass is 79.9. The molecule has 0 saturated carbocycles. The van der Waals surface area contributed by atoms with Gasteiger partial charge in [-0.15, -0.1) is 0 Å². The average Bonchev–Trinajstić information content (AvgIpc) is 3.11. The Morgan fingerprint density at radius 3 is 2.75 bits per heavy atom. The first-order valence-electron chi connectivity index (χ1n) is 8.55. The van der Waals surface area contributed by atoms with Crippen molar-refractivity contribution in [1.29, 1.82) is 0 Å². The van der Waals surface area contributed by atoms with Crippen LogP contribution in [-0.2, 0) is 4.74 Å². The molecule has 3 rings (SSSR count). The van der Waals surface area contributed by atoms with Gasteiger partial charge in [-0.2, -0.15) is 0 Å². The van der Waals surface area contributed by atoms with Crippen LogP contribution in [0.15, 0.2) is 39.3 Å². The molecule has 0 fully saturated rings. The van der Waals surface area contributed by atoms with E-state index in [9.17, 15) is 15.0 Å². The van der Waals surface area contributed by atoms with Crippen molar-refractivity contribution >= 4 is 43.6 Å². The Balaban J connectivity index is 1.80. The number of benzene rings is 2. The number of carbonyl (C=O) groups excluding carboxylic acids is 1. The number of amides is 1. The van der Waals surface area contributed by atoms with E-state index in [1.54, 1.807) is 30.3 Å². The Morgan fingerprint density at radius 2 is 2.00 bits per heavy atom. The van der Waals surface area contributed by atoms with E-state index >= 15 is 0 Å². The summed E-state index contributed by atoms with van der Waals surface area (Å²) in [5.74, 6) is 0.891. The fraction of sp³-hybridized carbons (Fsp3) is 0.316. The maximum absolute atomic E-state index is 12.5. The number of hydrogen-bond acceptors (Lipinski definition) is 6. The molecule has 0 aromatic heterocycles. The van der Waals surface area contributed by atoms with E-state index in [0.29, 0.717) is 38.1 Å². The van der Waals surface area contributed by atoms with Crippen LogP contribution in [0.4, 0.5) is 10.5 Å². The van der Waals surface area contributed by atoms with Gasteiger partial charge in [0.25, 0.3) is 0 Å². The molecule has 1 heterocycles. The molecule has 1 aliphatic rings. The zero-order valence-corrected chi connectivity index (χ0v) is 18.1. The molecule has 1 amide bonds. The molecule has 150 valence electrons. The summed E-state index contributed by atoms with van der Waals surface area (Å²) in [6, 6.07) is 8.39. The number of aliphatic hydroxyl groups is 1. The molecule has 9 heteroatoms. The third-order valence-corrected chi connectivity index (χ3v) is 5.38. The number of nitrogens with one attached hydrogen (secondary N) is 1. The molecule has 2 atom stereocenters. The maximum atomic E-state index is 12.5. The molecule has 7 nitrogen and oxygen atoms in total. The van der Waals surface area contributed by atoms with Gasteiger partial charge < -0.3 is 24.4 Å². The highest BCUT2D eigenvalue weighted by Gasteiger charge is 2.28. The first-order valence-corrected chi connectivity index (χ1v) is 10.1. The maximum Gasteiger partial charge on any atom is 0.412 e. The van der Waals surface area contributed by atoms with Gasteiger partial charge in [0.15, 0.2) is 11.5 Å². The molecule has 2 aromatic rings. The number of halogens is 2. The van der Waals surface area contributed by atoms with Gasteiger partial charge in [-0.25, -0.2) is 4.79 Å². The molecule has 0 unspecified atom stereocenters. The number of ether oxygens (including phenoxy) is 3. The SMILES string of the molecule is C[C@H](CCO)[C@H](OC(=O)Nc1ccc2c(c1)OCO2)c1cc(Br)cc(Br)c1O. The van der Waals surface area contributed by atoms with Crippen molar-refractivity contribution in [1.82, 2.24) is 0 Å². The number of fused-ring (bicyclic) bond motifs is 1. The topological polar surface area (TPSA) is 97.3 Å². The molecule has 3 N–H and O–H groups in total. The van der Waals surface area contributed by atoms with Crippen LogP contribution in [0.25, 0.3) is 0 Å². The molecule has 0 saturated heterocycles. The van der Waals surface area contributed by atoms with Crippen molar-refractivity contribution in [3.05, 3.63) is 44.8 Å². The molecular weight excluding hydrogens is 498 g/mol. The second-order valence-electron chi connectivity index (χ2n) is 6.33. The number of phenols is 1. The van der Waals surface area contributed by atoms with Crippen LogP contribution in [0.2, 0.25) is 0 Å². The predicted octanol–water partition coefficient (Wildman–Crippen LogP) is 4.95. The van der Waals surface area contributed by atoms with Crippen LogP contribution in [0.3, 0.4) is 0 Å². The van der Waals surface area contributed by atoms with E-state index in [1.165, 1.54) is 0 Å². The van der Waals surface area contributed by atoms with Crippen LogP contribution in [0.1, 0.15) is 25.0 Å². The van der Waals surface area contributed by atoms with Gasteiger partial charge in [0.2, 0.25) is 6.79 Å². The van der Waals surface area contributed by atoms with Gasteiger partial charge >= 0.3 is 6.09 Å². The van der Waals surface area contributed by atoms with Crippen molar-refractivity contribution in [3.63, 3.8) is 0 Å². The summed E-state index contributed by atoms with van der Waals surface area (Å²) >= 11 is 6.67. The van der Waals surface area contributed by atoms with E-state index in [2.05, 4.69) is 37.2 Å². The zero-order chi connectivity index (χ0) is 20.3. The third-order valence-electron chi connectivity index (χ3n) is 4.32. The quantitative estimate of drug-likeness (QED) is 0.502. The summed E-state index contributed by atoms with van der Waals surface area (Å²) in [5, 5.41) is 22.4. The average molecular weight is 517 g/mol. The lowest BCUT2D eigenvalue weighted by Gasteiger charge is -2.25. The summed E-state index contributed by atoms with van der Waals surface area (Å²) in [5.41, 5.74) is 0.922. The Labute approximate surface area is 178 Å². The van der Waals surface area contributed by atoms with Crippen LogP contribution in [0, 0.1) is 5.92 Å². The van der Waals surface area contributed by atoms with Crippen LogP contribution >= 0.6 is 31.9 Å². The minimum Gasteiger partial charge on any atom is -0.506 e.